The minimum absolute atomic E-state index is 0.0204. The van der Waals surface area contributed by atoms with Gasteiger partial charge in [0, 0.05) is 5.69 Å². The average Bonchev–Trinajstić information content (AvgIpc) is 3.40. The van der Waals surface area contributed by atoms with E-state index in [1.54, 1.807) is 23.6 Å². The molecule has 12 heteroatoms. The molecule has 1 atom stereocenters. The van der Waals surface area contributed by atoms with Gasteiger partial charge in [-0.15, -0.1) is 11.3 Å². The smallest absolute Gasteiger partial charge is 0.250 e. The first-order valence-corrected chi connectivity index (χ1v) is 12.5. The third-order valence-electron chi connectivity index (χ3n) is 3.91. The molecule has 30 heavy (non-hydrogen) atoms. The quantitative estimate of drug-likeness (QED) is 0.439. The Morgan fingerprint density at radius 2 is 1.87 bits per heavy atom. The van der Waals surface area contributed by atoms with Crippen LogP contribution in [0.2, 0.25) is 0 Å². The first kappa shape index (κ1) is 22.2. The molecular formula is C18H19N3O6S3. The number of furan rings is 1. The van der Waals surface area contributed by atoms with Crippen LogP contribution >= 0.6 is 11.3 Å². The summed E-state index contributed by atoms with van der Waals surface area (Å²) >= 11 is 1.03. The molecule has 0 spiro atoms. The molecule has 0 saturated heterocycles. The van der Waals surface area contributed by atoms with E-state index in [0.29, 0.717) is 5.76 Å². The lowest BCUT2D eigenvalue weighted by molar-refractivity contribution is -0.117. The molecule has 3 aromatic rings. The maximum absolute atomic E-state index is 12.5. The second-order valence-corrected chi connectivity index (χ2v) is 10.9. The van der Waals surface area contributed by atoms with Crippen LogP contribution < -0.4 is 14.8 Å². The molecule has 0 aliphatic rings. The Hall–Kier alpha value is -2.51. The highest BCUT2D eigenvalue weighted by atomic mass is 32.2. The molecule has 1 unspecified atom stereocenters. The van der Waals surface area contributed by atoms with Gasteiger partial charge in [-0.05, 0) is 48.7 Å². The Morgan fingerprint density at radius 1 is 1.07 bits per heavy atom. The summed E-state index contributed by atoms with van der Waals surface area (Å²) in [4.78, 5) is 12.3. The Balaban J connectivity index is 1.66. The third kappa shape index (κ3) is 5.55. The molecule has 160 valence electrons. The predicted octanol–water partition coefficient (Wildman–Crippen LogP) is 2.13. The summed E-state index contributed by atoms with van der Waals surface area (Å²) in [6.45, 7) is 1.37. The number of amides is 1. The molecule has 0 saturated carbocycles. The summed E-state index contributed by atoms with van der Waals surface area (Å²) in [6.07, 6.45) is 1.44. The van der Waals surface area contributed by atoms with Crippen molar-refractivity contribution in [3.05, 3.63) is 65.9 Å². The third-order valence-corrected chi connectivity index (χ3v) is 8.25. The topological polar surface area (TPSA) is 135 Å². The van der Waals surface area contributed by atoms with E-state index < -0.39 is 32.0 Å². The number of thiophene rings is 1. The fraction of sp³-hybridized carbons (Fsp3) is 0.167. The van der Waals surface area contributed by atoms with Crippen molar-refractivity contribution in [2.45, 2.75) is 28.6 Å². The van der Waals surface area contributed by atoms with Crippen LogP contribution in [0.3, 0.4) is 0 Å². The van der Waals surface area contributed by atoms with Crippen molar-refractivity contribution in [2.24, 2.45) is 0 Å². The number of carbonyl (C=O) groups excluding carboxylic acids is 1. The molecule has 1 amide bonds. The lowest BCUT2D eigenvalue weighted by Crippen LogP contribution is -2.41. The monoisotopic (exact) mass is 469 g/mol. The van der Waals surface area contributed by atoms with Gasteiger partial charge in [0.05, 0.1) is 23.7 Å². The molecule has 9 nitrogen and oxygen atoms in total. The summed E-state index contributed by atoms with van der Waals surface area (Å²) in [5.74, 6) is -0.178. The highest BCUT2D eigenvalue weighted by Crippen LogP contribution is 2.18. The van der Waals surface area contributed by atoms with Gasteiger partial charge >= 0.3 is 0 Å². The molecule has 2 aromatic heterocycles. The van der Waals surface area contributed by atoms with Crippen LogP contribution in [0.4, 0.5) is 5.69 Å². The van der Waals surface area contributed by atoms with Gasteiger partial charge in [0.2, 0.25) is 15.9 Å². The summed E-state index contributed by atoms with van der Waals surface area (Å²) in [5.41, 5.74) is 0.211. The zero-order chi connectivity index (χ0) is 21.8. The van der Waals surface area contributed by atoms with Crippen molar-refractivity contribution in [2.75, 3.05) is 5.32 Å². The van der Waals surface area contributed by atoms with Crippen molar-refractivity contribution in [3.8, 4) is 0 Å². The second-order valence-electron chi connectivity index (χ2n) is 6.20. The van der Waals surface area contributed by atoms with Crippen molar-refractivity contribution in [1.29, 1.82) is 0 Å². The van der Waals surface area contributed by atoms with Crippen molar-refractivity contribution < 1.29 is 26.0 Å². The zero-order valence-corrected chi connectivity index (χ0v) is 18.2. The van der Waals surface area contributed by atoms with Crippen LogP contribution in [0, 0.1) is 0 Å². The molecule has 2 heterocycles. The van der Waals surface area contributed by atoms with Crippen LogP contribution in [-0.4, -0.2) is 28.8 Å². The Morgan fingerprint density at radius 3 is 2.53 bits per heavy atom. The van der Waals surface area contributed by atoms with Crippen LogP contribution in [-0.2, 0) is 31.4 Å². The van der Waals surface area contributed by atoms with Crippen molar-refractivity contribution >= 4 is 43.0 Å². The minimum Gasteiger partial charge on any atom is -0.468 e. The Bertz CT molecular complexity index is 1200. The first-order valence-electron chi connectivity index (χ1n) is 8.66. The lowest BCUT2D eigenvalue weighted by atomic mass is 10.3. The molecule has 0 fully saturated rings. The van der Waals surface area contributed by atoms with Crippen molar-refractivity contribution in [3.63, 3.8) is 0 Å². The maximum atomic E-state index is 12.5. The number of hydrogen-bond donors (Lipinski definition) is 3. The maximum Gasteiger partial charge on any atom is 0.250 e. The molecule has 0 radical (unpaired) electrons. The van der Waals surface area contributed by atoms with E-state index in [4.69, 9.17) is 4.42 Å². The molecule has 0 aliphatic carbocycles. The van der Waals surface area contributed by atoms with Gasteiger partial charge in [-0.2, -0.15) is 4.72 Å². The lowest BCUT2D eigenvalue weighted by Gasteiger charge is -2.14. The molecule has 1 aromatic carbocycles. The zero-order valence-electron chi connectivity index (χ0n) is 15.7. The van der Waals surface area contributed by atoms with Gasteiger partial charge in [0.1, 0.15) is 9.97 Å². The van der Waals surface area contributed by atoms with Gasteiger partial charge in [-0.25, -0.2) is 21.6 Å². The van der Waals surface area contributed by atoms with E-state index in [2.05, 4.69) is 14.8 Å². The van der Waals surface area contributed by atoms with Gasteiger partial charge < -0.3 is 9.73 Å². The number of carbonyl (C=O) groups is 1. The SMILES string of the molecule is CC(NS(=O)(=O)c1cccs1)C(=O)Nc1cccc(S(=O)(=O)NCc2ccco2)c1. The van der Waals surface area contributed by atoms with Crippen LogP contribution in [0.5, 0.6) is 0 Å². The summed E-state index contributed by atoms with van der Waals surface area (Å²) in [5, 5.41) is 4.13. The fourth-order valence-electron chi connectivity index (χ4n) is 2.41. The number of hydrogen-bond acceptors (Lipinski definition) is 7. The number of nitrogens with one attached hydrogen (secondary N) is 3. The van der Waals surface area contributed by atoms with Crippen LogP contribution in [0.25, 0.3) is 0 Å². The first-order chi connectivity index (χ1) is 14.2. The van der Waals surface area contributed by atoms with E-state index in [1.807, 2.05) is 0 Å². The largest absolute Gasteiger partial charge is 0.468 e. The summed E-state index contributed by atoms with van der Waals surface area (Å²) in [7, 11) is -7.67. The average molecular weight is 470 g/mol. The van der Waals surface area contributed by atoms with Gasteiger partial charge in [0.15, 0.2) is 0 Å². The molecule has 0 bridgehead atoms. The van der Waals surface area contributed by atoms with Crippen LogP contribution in [0.15, 0.2) is 73.7 Å². The number of benzene rings is 1. The van der Waals surface area contributed by atoms with Crippen LogP contribution in [0.1, 0.15) is 12.7 Å². The van der Waals surface area contributed by atoms with E-state index >= 15 is 0 Å². The molecule has 0 aliphatic heterocycles. The number of sulfonamides is 2. The molecule has 3 rings (SSSR count). The normalized spacial score (nSPS) is 13.1. The van der Waals surface area contributed by atoms with E-state index in [9.17, 15) is 21.6 Å². The van der Waals surface area contributed by atoms with Gasteiger partial charge in [-0.3, -0.25) is 4.79 Å². The molecular weight excluding hydrogens is 450 g/mol. The molecule has 3 N–H and O–H groups in total. The second kappa shape index (κ2) is 9.10. The summed E-state index contributed by atoms with van der Waals surface area (Å²) < 4.78 is 59.3. The summed E-state index contributed by atoms with van der Waals surface area (Å²) in [6, 6.07) is 10.9. The number of anilines is 1. The van der Waals surface area contributed by atoms with Gasteiger partial charge in [-0.1, -0.05) is 12.1 Å². The standard InChI is InChI=1S/C18H19N3O6S3/c1-13(21-30(25,26)17-8-4-10-28-17)18(22)20-14-5-2-7-16(11-14)29(23,24)19-12-15-6-3-9-27-15/h2-11,13,19,21H,12H2,1H3,(H,20,22). The van der Waals surface area contributed by atoms with E-state index in [0.717, 1.165) is 11.3 Å². The Kier molecular flexibility index (Phi) is 6.73. The van der Waals surface area contributed by atoms with Gasteiger partial charge in [0.25, 0.3) is 10.0 Å². The predicted molar refractivity (Wildman–Crippen MR) is 112 cm³/mol. The highest BCUT2D eigenvalue weighted by Gasteiger charge is 2.23. The van der Waals surface area contributed by atoms with E-state index in [-0.39, 0.29) is 21.3 Å². The highest BCUT2D eigenvalue weighted by molar-refractivity contribution is 7.91. The van der Waals surface area contributed by atoms with E-state index in [1.165, 1.54) is 43.5 Å². The Labute approximate surface area is 178 Å². The fourth-order valence-corrected chi connectivity index (χ4v) is 5.67. The minimum atomic E-state index is -3.84. The van der Waals surface area contributed by atoms with Crippen molar-refractivity contribution in [1.82, 2.24) is 9.44 Å². The number of rotatable bonds is 9.